The normalized spacial score (nSPS) is 14.9. The van der Waals surface area contributed by atoms with Gasteiger partial charge in [-0.15, -0.1) is 0 Å². The van der Waals surface area contributed by atoms with Gasteiger partial charge in [0.25, 0.3) is 5.91 Å². The topological polar surface area (TPSA) is 140 Å². The molecule has 3 amide bonds. The van der Waals surface area contributed by atoms with Crippen LogP contribution in [0.15, 0.2) is 36.4 Å². The molecule has 2 aromatic carbocycles. The van der Waals surface area contributed by atoms with Crippen molar-refractivity contribution in [2.75, 3.05) is 13.2 Å². The standard InChI is InChI=1S/C23H20Cl2N6O3/c1-2-34-16-8-14(7-15(24)10-16)19-18(22(27)32)21-20(12-3-4-13(11-26)17(25)9-12)30(23(28)33)5-6-31(21)29-19/h3-4,7-10,20H,2,5-6H2,1H3,(H2,27,32)(H2,28,33). The maximum absolute atomic E-state index is 12.7. The molecule has 1 unspecified atom stereocenters. The summed E-state index contributed by atoms with van der Waals surface area (Å²) in [7, 11) is 0. The molecule has 1 atom stereocenters. The molecule has 174 valence electrons. The van der Waals surface area contributed by atoms with Crippen molar-refractivity contribution in [3.8, 4) is 23.1 Å². The number of fused-ring (bicyclic) bond motifs is 1. The first-order chi connectivity index (χ1) is 16.2. The van der Waals surface area contributed by atoms with Gasteiger partial charge < -0.3 is 21.1 Å². The van der Waals surface area contributed by atoms with Crippen LogP contribution in [-0.4, -0.2) is 39.8 Å². The molecule has 2 heterocycles. The molecule has 0 aliphatic carbocycles. The van der Waals surface area contributed by atoms with E-state index in [2.05, 4.69) is 5.10 Å². The Hall–Kier alpha value is -3.74. The number of nitrogens with two attached hydrogens (primary N) is 2. The van der Waals surface area contributed by atoms with E-state index in [0.29, 0.717) is 39.9 Å². The number of nitrogens with zero attached hydrogens (tertiary/aromatic N) is 4. The predicted molar refractivity (Wildman–Crippen MR) is 127 cm³/mol. The zero-order valence-corrected chi connectivity index (χ0v) is 19.6. The summed E-state index contributed by atoms with van der Waals surface area (Å²) in [5.74, 6) is -0.217. The summed E-state index contributed by atoms with van der Waals surface area (Å²) in [6.07, 6.45) is 0. The van der Waals surface area contributed by atoms with Crippen LogP contribution in [0.3, 0.4) is 0 Å². The summed E-state index contributed by atoms with van der Waals surface area (Å²) in [5.41, 5.74) is 13.7. The third-order valence-corrected chi connectivity index (χ3v) is 6.06. The molecule has 0 saturated carbocycles. The lowest BCUT2D eigenvalue weighted by Gasteiger charge is -2.35. The van der Waals surface area contributed by atoms with Crippen LogP contribution in [0.2, 0.25) is 10.0 Å². The Kier molecular flexibility index (Phi) is 6.37. The molecule has 0 spiro atoms. The van der Waals surface area contributed by atoms with Crippen LogP contribution in [0, 0.1) is 11.3 Å². The number of aromatic nitrogens is 2. The molecule has 0 saturated heterocycles. The van der Waals surface area contributed by atoms with Gasteiger partial charge in [-0.05, 0) is 42.8 Å². The molecular formula is C23H20Cl2N6O3. The van der Waals surface area contributed by atoms with Crippen molar-refractivity contribution < 1.29 is 14.3 Å². The summed E-state index contributed by atoms with van der Waals surface area (Å²) < 4.78 is 7.21. The van der Waals surface area contributed by atoms with Crippen molar-refractivity contribution in [1.29, 1.82) is 5.26 Å². The predicted octanol–water partition coefficient (Wildman–Crippen LogP) is 3.71. The third kappa shape index (κ3) is 4.14. The van der Waals surface area contributed by atoms with E-state index in [-0.39, 0.29) is 29.2 Å². The minimum atomic E-state index is -0.800. The largest absolute Gasteiger partial charge is 0.494 e. The molecule has 1 aliphatic rings. The van der Waals surface area contributed by atoms with Gasteiger partial charge in [0.05, 0.1) is 35.0 Å². The van der Waals surface area contributed by atoms with E-state index >= 15 is 0 Å². The zero-order chi connectivity index (χ0) is 24.6. The number of hydrogen-bond donors (Lipinski definition) is 2. The molecule has 34 heavy (non-hydrogen) atoms. The summed E-state index contributed by atoms with van der Waals surface area (Å²) >= 11 is 12.6. The number of amides is 3. The summed E-state index contributed by atoms with van der Waals surface area (Å²) in [6.45, 7) is 2.80. The van der Waals surface area contributed by atoms with Crippen molar-refractivity contribution in [3.63, 3.8) is 0 Å². The summed E-state index contributed by atoms with van der Waals surface area (Å²) in [4.78, 5) is 26.5. The van der Waals surface area contributed by atoms with Gasteiger partial charge in [0.1, 0.15) is 23.6 Å². The van der Waals surface area contributed by atoms with Gasteiger partial charge in [0.2, 0.25) is 0 Å². The maximum Gasteiger partial charge on any atom is 0.315 e. The van der Waals surface area contributed by atoms with Crippen LogP contribution in [0.5, 0.6) is 5.75 Å². The second-order valence-corrected chi connectivity index (χ2v) is 8.43. The fourth-order valence-corrected chi connectivity index (χ4v) is 4.62. The fraction of sp³-hybridized carbons (Fsp3) is 0.217. The van der Waals surface area contributed by atoms with Crippen LogP contribution in [0.25, 0.3) is 11.3 Å². The second-order valence-electron chi connectivity index (χ2n) is 7.59. The van der Waals surface area contributed by atoms with Crippen molar-refractivity contribution in [2.45, 2.75) is 19.5 Å². The highest BCUT2D eigenvalue weighted by molar-refractivity contribution is 6.32. The van der Waals surface area contributed by atoms with Crippen LogP contribution in [-0.2, 0) is 6.54 Å². The average Bonchev–Trinajstić information content (AvgIpc) is 3.18. The minimum Gasteiger partial charge on any atom is -0.494 e. The Morgan fingerprint density at radius 2 is 1.97 bits per heavy atom. The number of rotatable bonds is 5. The molecule has 0 fully saturated rings. The Morgan fingerprint density at radius 1 is 1.21 bits per heavy atom. The van der Waals surface area contributed by atoms with Gasteiger partial charge in [-0.2, -0.15) is 10.4 Å². The zero-order valence-electron chi connectivity index (χ0n) is 18.1. The lowest BCUT2D eigenvalue weighted by Crippen LogP contribution is -2.46. The van der Waals surface area contributed by atoms with Crippen LogP contribution >= 0.6 is 23.2 Å². The molecule has 0 radical (unpaired) electrons. The quantitative estimate of drug-likeness (QED) is 0.551. The monoisotopic (exact) mass is 498 g/mol. The van der Waals surface area contributed by atoms with E-state index in [9.17, 15) is 14.9 Å². The average molecular weight is 499 g/mol. The number of ether oxygens (including phenoxy) is 1. The van der Waals surface area contributed by atoms with Gasteiger partial charge >= 0.3 is 6.03 Å². The van der Waals surface area contributed by atoms with E-state index in [1.165, 1.54) is 4.90 Å². The number of hydrogen-bond acceptors (Lipinski definition) is 5. The molecular weight excluding hydrogens is 479 g/mol. The Labute approximate surface area is 205 Å². The number of primary amides is 2. The highest BCUT2D eigenvalue weighted by Gasteiger charge is 2.38. The molecule has 1 aromatic heterocycles. The lowest BCUT2D eigenvalue weighted by atomic mass is 9.94. The Bertz CT molecular complexity index is 1350. The highest BCUT2D eigenvalue weighted by atomic mass is 35.5. The van der Waals surface area contributed by atoms with Crippen molar-refractivity contribution in [3.05, 3.63) is 68.8 Å². The number of carbonyl (C=O) groups excluding carboxylic acids is 2. The van der Waals surface area contributed by atoms with E-state index in [1.54, 1.807) is 41.1 Å². The molecule has 4 rings (SSSR count). The number of halogens is 2. The SMILES string of the molecule is CCOc1cc(Cl)cc(-c2nn3c(c2C(N)=O)C(c2ccc(C#N)c(Cl)c2)N(C(N)=O)CC3)c1. The lowest BCUT2D eigenvalue weighted by molar-refractivity contribution is 0.0995. The maximum atomic E-state index is 12.7. The Balaban J connectivity index is 1.97. The molecule has 9 nitrogen and oxygen atoms in total. The van der Waals surface area contributed by atoms with Crippen LogP contribution in [0.1, 0.15) is 40.1 Å². The molecule has 11 heteroatoms. The van der Waals surface area contributed by atoms with Gasteiger partial charge in [-0.3, -0.25) is 9.48 Å². The first-order valence-electron chi connectivity index (χ1n) is 10.3. The molecule has 4 N–H and O–H groups in total. The molecule has 1 aliphatic heterocycles. The molecule has 0 bridgehead atoms. The summed E-state index contributed by atoms with van der Waals surface area (Å²) in [5, 5.41) is 14.5. The number of benzene rings is 2. The number of carbonyl (C=O) groups is 2. The third-order valence-electron chi connectivity index (χ3n) is 5.53. The van der Waals surface area contributed by atoms with E-state index in [1.807, 2.05) is 13.0 Å². The van der Waals surface area contributed by atoms with Gasteiger partial charge in [0.15, 0.2) is 0 Å². The van der Waals surface area contributed by atoms with Gasteiger partial charge in [-0.1, -0.05) is 29.3 Å². The number of nitriles is 1. The number of urea groups is 1. The van der Waals surface area contributed by atoms with Gasteiger partial charge in [-0.25, -0.2) is 4.79 Å². The Morgan fingerprint density at radius 3 is 2.59 bits per heavy atom. The van der Waals surface area contributed by atoms with E-state index in [0.717, 1.165) is 0 Å². The fourth-order valence-electron chi connectivity index (χ4n) is 4.16. The van der Waals surface area contributed by atoms with Crippen LogP contribution in [0.4, 0.5) is 4.79 Å². The van der Waals surface area contributed by atoms with Crippen molar-refractivity contribution in [1.82, 2.24) is 14.7 Å². The first-order valence-corrected chi connectivity index (χ1v) is 11.1. The smallest absolute Gasteiger partial charge is 0.315 e. The molecule has 3 aromatic rings. The van der Waals surface area contributed by atoms with Crippen LogP contribution < -0.4 is 16.2 Å². The van der Waals surface area contributed by atoms with E-state index < -0.39 is 18.0 Å². The van der Waals surface area contributed by atoms with Gasteiger partial charge in [0, 0.05) is 17.1 Å². The second kappa shape index (κ2) is 9.25. The minimum absolute atomic E-state index is 0.126. The van der Waals surface area contributed by atoms with E-state index in [4.69, 9.17) is 39.4 Å². The highest BCUT2D eigenvalue weighted by Crippen LogP contribution is 2.40. The summed E-state index contributed by atoms with van der Waals surface area (Å²) in [6, 6.07) is 10.3. The van der Waals surface area contributed by atoms with Crippen molar-refractivity contribution >= 4 is 35.1 Å². The van der Waals surface area contributed by atoms with Crippen molar-refractivity contribution in [2.24, 2.45) is 11.5 Å². The first kappa shape index (κ1) is 23.4.